The summed E-state index contributed by atoms with van der Waals surface area (Å²) in [5.41, 5.74) is 7.55. The van der Waals surface area contributed by atoms with Crippen LogP contribution in [-0.2, 0) is 0 Å². The molecule has 2 rings (SSSR count). The lowest BCUT2D eigenvalue weighted by atomic mass is 9.93. The molecule has 0 aliphatic carbocycles. The molecular formula is C17H28N2O. The number of hydrogen-bond acceptors (Lipinski definition) is 3. The third-order valence-corrected chi connectivity index (χ3v) is 3.86. The molecule has 1 fully saturated rings. The quantitative estimate of drug-likeness (QED) is 0.915. The molecular weight excluding hydrogens is 248 g/mol. The van der Waals surface area contributed by atoms with Crippen molar-refractivity contribution in [2.24, 2.45) is 11.1 Å². The number of piperidine rings is 1. The number of nitrogens with two attached hydrogens (primary N) is 1. The van der Waals surface area contributed by atoms with Crippen LogP contribution in [0, 0.1) is 5.41 Å². The Balaban J connectivity index is 1.83. The van der Waals surface area contributed by atoms with Gasteiger partial charge < -0.3 is 15.4 Å². The monoisotopic (exact) mass is 276 g/mol. The molecule has 0 bridgehead atoms. The first kappa shape index (κ1) is 15.2. The number of benzene rings is 1. The van der Waals surface area contributed by atoms with E-state index in [1.807, 2.05) is 0 Å². The van der Waals surface area contributed by atoms with E-state index < -0.39 is 0 Å². The van der Waals surface area contributed by atoms with Crippen molar-refractivity contribution in [2.75, 3.05) is 24.6 Å². The third-order valence-electron chi connectivity index (χ3n) is 3.86. The van der Waals surface area contributed by atoms with E-state index in [0.717, 1.165) is 44.7 Å². The molecule has 3 heteroatoms. The van der Waals surface area contributed by atoms with Crippen LogP contribution in [0.25, 0.3) is 0 Å². The van der Waals surface area contributed by atoms with Gasteiger partial charge in [0.15, 0.2) is 0 Å². The summed E-state index contributed by atoms with van der Waals surface area (Å²) in [6.45, 7) is 9.61. The van der Waals surface area contributed by atoms with Gasteiger partial charge in [-0.25, -0.2) is 0 Å². The predicted molar refractivity (Wildman–Crippen MR) is 85.4 cm³/mol. The van der Waals surface area contributed by atoms with Crippen molar-refractivity contribution in [3.63, 3.8) is 0 Å². The van der Waals surface area contributed by atoms with E-state index in [9.17, 15) is 0 Å². The summed E-state index contributed by atoms with van der Waals surface area (Å²) in [6, 6.07) is 8.84. The fourth-order valence-electron chi connectivity index (χ4n) is 2.39. The summed E-state index contributed by atoms with van der Waals surface area (Å²) in [5, 5.41) is 0. The van der Waals surface area contributed by atoms with Crippen molar-refractivity contribution in [1.29, 1.82) is 0 Å². The van der Waals surface area contributed by atoms with Gasteiger partial charge in [-0.2, -0.15) is 0 Å². The Morgan fingerprint density at radius 2 is 1.75 bits per heavy atom. The number of ether oxygens (including phenoxy) is 1. The zero-order valence-electron chi connectivity index (χ0n) is 13.1. The van der Waals surface area contributed by atoms with Gasteiger partial charge in [-0.1, -0.05) is 20.8 Å². The van der Waals surface area contributed by atoms with Crippen LogP contribution < -0.4 is 15.4 Å². The summed E-state index contributed by atoms with van der Waals surface area (Å²) < 4.78 is 5.80. The van der Waals surface area contributed by atoms with Gasteiger partial charge in [0.05, 0.1) is 6.61 Å². The van der Waals surface area contributed by atoms with E-state index in [1.165, 1.54) is 5.69 Å². The van der Waals surface area contributed by atoms with Crippen LogP contribution in [0.4, 0.5) is 5.69 Å². The molecule has 0 aromatic heterocycles. The lowest BCUT2D eigenvalue weighted by molar-refractivity contribution is 0.243. The molecule has 2 N–H and O–H groups in total. The zero-order valence-corrected chi connectivity index (χ0v) is 13.1. The maximum atomic E-state index is 5.94. The second-order valence-electron chi connectivity index (χ2n) is 6.98. The van der Waals surface area contributed by atoms with Crippen molar-refractivity contribution >= 4 is 5.69 Å². The lowest BCUT2D eigenvalue weighted by Gasteiger charge is -2.32. The summed E-state index contributed by atoms with van der Waals surface area (Å²) in [5.74, 6) is 0.965. The average Bonchev–Trinajstić information content (AvgIpc) is 2.39. The van der Waals surface area contributed by atoms with Gasteiger partial charge in [0.25, 0.3) is 0 Å². The lowest BCUT2D eigenvalue weighted by Crippen LogP contribution is -2.39. The molecule has 1 aromatic carbocycles. The van der Waals surface area contributed by atoms with E-state index in [0.29, 0.717) is 11.5 Å². The minimum absolute atomic E-state index is 0.326. The largest absolute Gasteiger partial charge is 0.494 e. The Morgan fingerprint density at radius 3 is 2.30 bits per heavy atom. The van der Waals surface area contributed by atoms with Crippen LogP contribution >= 0.6 is 0 Å². The molecule has 1 saturated heterocycles. The summed E-state index contributed by atoms with van der Waals surface area (Å²) >= 11 is 0. The van der Waals surface area contributed by atoms with Crippen LogP contribution in [0.15, 0.2) is 24.3 Å². The molecule has 0 spiro atoms. The first-order chi connectivity index (χ1) is 9.44. The van der Waals surface area contributed by atoms with Gasteiger partial charge in [-0.05, 0) is 48.9 Å². The molecule has 0 atom stereocenters. The van der Waals surface area contributed by atoms with Gasteiger partial charge in [-0.3, -0.25) is 0 Å². The van der Waals surface area contributed by atoms with Crippen molar-refractivity contribution in [1.82, 2.24) is 0 Å². The van der Waals surface area contributed by atoms with Crippen LogP contribution in [0.2, 0.25) is 0 Å². The Kier molecular flexibility index (Phi) is 4.92. The van der Waals surface area contributed by atoms with E-state index in [-0.39, 0.29) is 0 Å². The molecule has 1 heterocycles. The van der Waals surface area contributed by atoms with Crippen LogP contribution in [0.5, 0.6) is 5.75 Å². The molecule has 0 radical (unpaired) electrons. The van der Waals surface area contributed by atoms with E-state index in [1.54, 1.807) is 0 Å². The summed E-state index contributed by atoms with van der Waals surface area (Å²) in [4.78, 5) is 2.41. The first-order valence-electron chi connectivity index (χ1n) is 7.67. The van der Waals surface area contributed by atoms with Crippen molar-refractivity contribution in [3.8, 4) is 5.75 Å². The highest BCUT2D eigenvalue weighted by atomic mass is 16.5. The van der Waals surface area contributed by atoms with Crippen LogP contribution in [0.1, 0.15) is 40.0 Å². The van der Waals surface area contributed by atoms with Crippen LogP contribution in [0.3, 0.4) is 0 Å². The molecule has 1 aliphatic rings. The Hall–Kier alpha value is -1.22. The van der Waals surface area contributed by atoms with Crippen LogP contribution in [-0.4, -0.2) is 25.7 Å². The second-order valence-corrected chi connectivity index (χ2v) is 6.98. The standard InChI is InChI=1S/C17H28N2O/c1-17(2,3)10-13-20-16-6-4-15(5-7-16)19-11-8-14(18)9-12-19/h4-7,14H,8-13,18H2,1-3H3. The number of hydrogen-bond donors (Lipinski definition) is 1. The SMILES string of the molecule is CC(C)(C)CCOc1ccc(N2CCC(N)CC2)cc1. The Morgan fingerprint density at radius 1 is 1.15 bits per heavy atom. The highest BCUT2D eigenvalue weighted by Gasteiger charge is 2.16. The van der Waals surface area contributed by atoms with Gasteiger partial charge in [0.1, 0.15) is 5.75 Å². The highest BCUT2D eigenvalue weighted by molar-refractivity contribution is 5.49. The second kappa shape index (κ2) is 6.49. The minimum Gasteiger partial charge on any atom is -0.494 e. The summed E-state index contributed by atoms with van der Waals surface area (Å²) in [7, 11) is 0. The fraction of sp³-hybridized carbons (Fsp3) is 0.647. The molecule has 0 unspecified atom stereocenters. The highest BCUT2D eigenvalue weighted by Crippen LogP contribution is 2.24. The molecule has 3 nitrogen and oxygen atoms in total. The number of rotatable bonds is 4. The van der Waals surface area contributed by atoms with E-state index in [4.69, 9.17) is 10.5 Å². The molecule has 20 heavy (non-hydrogen) atoms. The van der Waals surface area contributed by atoms with E-state index >= 15 is 0 Å². The number of anilines is 1. The minimum atomic E-state index is 0.326. The average molecular weight is 276 g/mol. The smallest absolute Gasteiger partial charge is 0.119 e. The third kappa shape index (κ3) is 4.71. The fourth-order valence-corrected chi connectivity index (χ4v) is 2.39. The zero-order chi connectivity index (χ0) is 14.6. The molecule has 0 amide bonds. The molecule has 0 saturated carbocycles. The molecule has 1 aliphatic heterocycles. The Labute approximate surface area is 123 Å². The Bertz CT molecular complexity index is 400. The topological polar surface area (TPSA) is 38.5 Å². The predicted octanol–water partition coefficient (Wildman–Crippen LogP) is 3.43. The van der Waals surface area contributed by atoms with Crippen molar-refractivity contribution in [2.45, 2.75) is 46.1 Å². The normalized spacial score (nSPS) is 17.3. The molecule has 112 valence electrons. The summed E-state index contributed by atoms with van der Waals surface area (Å²) in [6.07, 6.45) is 3.24. The maximum absolute atomic E-state index is 5.94. The van der Waals surface area contributed by atoms with E-state index in [2.05, 4.69) is 49.9 Å². The maximum Gasteiger partial charge on any atom is 0.119 e. The number of nitrogens with zero attached hydrogens (tertiary/aromatic N) is 1. The van der Waals surface area contributed by atoms with Gasteiger partial charge >= 0.3 is 0 Å². The first-order valence-corrected chi connectivity index (χ1v) is 7.67. The molecule has 1 aromatic rings. The van der Waals surface area contributed by atoms with Crippen molar-refractivity contribution in [3.05, 3.63) is 24.3 Å². The van der Waals surface area contributed by atoms with Gasteiger partial charge in [0.2, 0.25) is 0 Å². The van der Waals surface area contributed by atoms with Crippen molar-refractivity contribution < 1.29 is 4.74 Å². The van der Waals surface area contributed by atoms with Gasteiger partial charge in [-0.15, -0.1) is 0 Å². The van der Waals surface area contributed by atoms with Gasteiger partial charge in [0, 0.05) is 24.8 Å².